The van der Waals surface area contributed by atoms with Gasteiger partial charge in [-0.1, -0.05) is 25.1 Å². The third-order valence-corrected chi connectivity index (χ3v) is 8.28. The van der Waals surface area contributed by atoms with E-state index in [0.29, 0.717) is 0 Å². The van der Waals surface area contributed by atoms with Crippen LogP contribution in [0.5, 0.6) is 0 Å². The fourth-order valence-electron chi connectivity index (χ4n) is 5.42. The number of anilines is 1. The van der Waals surface area contributed by atoms with Crippen molar-refractivity contribution >= 4 is 28.4 Å². The first-order valence-corrected chi connectivity index (χ1v) is 13.8. The van der Waals surface area contributed by atoms with Gasteiger partial charge in [-0.15, -0.1) is 0 Å². The van der Waals surface area contributed by atoms with Crippen molar-refractivity contribution in [1.82, 2.24) is 14.8 Å². The number of rotatable bonds is 6. The molecule has 2 aliphatic heterocycles. The van der Waals surface area contributed by atoms with Crippen LogP contribution in [0.3, 0.4) is 0 Å². The molecule has 1 amide bonds. The van der Waals surface area contributed by atoms with E-state index in [4.69, 9.17) is 4.74 Å². The maximum atomic E-state index is 12.8. The average molecular weight is 544 g/mol. The summed E-state index contributed by atoms with van der Waals surface area (Å²) in [7, 11) is 4.07. The second-order valence-electron chi connectivity index (χ2n) is 10.9. The number of amides is 1. The van der Waals surface area contributed by atoms with Gasteiger partial charge in [-0.3, -0.25) is 4.79 Å². The fraction of sp³-hybridized carbons (Fsp3) is 0.419. The molecule has 2 aromatic carbocycles. The van der Waals surface area contributed by atoms with Crippen LogP contribution >= 0.6 is 0 Å². The molecule has 1 aromatic heterocycles. The van der Waals surface area contributed by atoms with Crippen molar-refractivity contribution in [1.29, 1.82) is 5.26 Å². The van der Waals surface area contributed by atoms with Crippen molar-refractivity contribution in [3.63, 3.8) is 0 Å². The van der Waals surface area contributed by atoms with Gasteiger partial charge in [0.25, 0.3) is 5.91 Å². The molecule has 9 heteroatoms. The second kappa shape index (κ2) is 11.8. The van der Waals surface area contributed by atoms with Crippen molar-refractivity contribution in [2.45, 2.75) is 25.2 Å². The van der Waals surface area contributed by atoms with Crippen LogP contribution in [0.25, 0.3) is 28.1 Å². The summed E-state index contributed by atoms with van der Waals surface area (Å²) in [5, 5.41) is 34.9. The number of nitrogens with one attached hydrogen (secondary N) is 1. The van der Waals surface area contributed by atoms with Gasteiger partial charge < -0.3 is 34.6 Å². The van der Waals surface area contributed by atoms with Crippen molar-refractivity contribution in [3.05, 3.63) is 59.8 Å². The number of aliphatic hydroxyl groups is 2. The zero-order chi connectivity index (χ0) is 28.4. The first-order valence-electron chi connectivity index (χ1n) is 13.8. The van der Waals surface area contributed by atoms with Crippen molar-refractivity contribution in [2.75, 3.05) is 51.3 Å². The molecule has 4 atom stereocenters. The maximum Gasteiger partial charge on any atom is 0.262 e. The van der Waals surface area contributed by atoms with Crippen LogP contribution in [-0.2, 0) is 16.6 Å². The van der Waals surface area contributed by atoms with E-state index in [1.807, 2.05) is 29.8 Å². The summed E-state index contributed by atoms with van der Waals surface area (Å²) in [6, 6.07) is 18.9. The third-order valence-electron chi connectivity index (χ3n) is 8.28. The van der Waals surface area contributed by atoms with E-state index in [1.54, 1.807) is 13.0 Å². The van der Waals surface area contributed by atoms with Gasteiger partial charge in [0, 0.05) is 62.8 Å². The van der Waals surface area contributed by atoms with Gasteiger partial charge >= 0.3 is 0 Å². The molecule has 0 saturated carbocycles. The van der Waals surface area contributed by atoms with E-state index in [-0.39, 0.29) is 24.6 Å². The molecule has 40 heavy (non-hydrogen) atoms. The minimum absolute atomic E-state index is 0.0407. The van der Waals surface area contributed by atoms with Crippen LogP contribution in [-0.4, -0.2) is 90.3 Å². The number of ether oxygens (including phenoxy) is 1. The molecule has 2 saturated heterocycles. The minimum atomic E-state index is -0.908. The molecule has 0 bridgehead atoms. The predicted octanol–water partition coefficient (Wildman–Crippen LogP) is 2.38. The van der Waals surface area contributed by atoms with Gasteiger partial charge in [0.1, 0.15) is 17.7 Å². The van der Waals surface area contributed by atoms with E-state index in [2.05, 4.69) is 58.6 Å². The molecule has 3 heterocycles. The Hall–Kier alpha value is -3.68. The number of piperazine rings is 1. The van der Waals surface area contributed by atoms with E-state index in [9.17, 15) is 20.3 Å². The summed E-state index contributed by atoms with van der Waals surface area (Å²) in [5.74, 6) is -0.904. The summed E-state index contributed by atoms with van der Waals surface area (Å²) in [6.45, 7) is 6.07. The number of hydrogen-bond donors (Lipinski definition) is 3. The van der Waals surface area contributed by atoms with Crippen molar-refractivity contribution in [3.8, 4) is 17.3 Å². The number of nitriles is 1. The number of hydrogen-bond acceptors (Lipinski definition) is 7. The van der Waals surface area contributed by atoms with Crippen LogP contribution in [0.1, 0.15) is 12.6 Å². The van der Waals surface area contributed by atoms with Crippen molar-refractivity contribution in [2.24, 2.45) is 13.0 Å². The van der Waals surface area contributed by atoms with Gasteiger partial charge in [0.15, 0.2) is 0 Å². The highest BCUT2D eigenvalue weighted by Gasteiger charge is 2.35. The highest BCUT2D eigenvalue weighted by Crippen LogP contribution is 2.29. The van der Waals surface area contributed by atoms with Gasteiger partial charge in [-0.05, 0) is 59.8 Å². The molecule has 2 aliphatic rings. The first-order chi connectivity index (χ1) is 19.2. The number of aliphatic hydroxyl groups excluding tert-OH is 2. The molecule has 5 rings (SSSR count). The second-order valence-corrected chi connectivity index (χ2v) is 10.9. The van der Waals surface area contributed by atoms with Crippen LogP contribution in [0, 0.1) is 17.2 Å². The third kappa shape index (κ3) is 5.76. The van der Waals surface area contributed by atoms with E-state index < -0.39 is 24.2 Å². The van der Waals surface area contributed by atoms with Gasteiger partial charge in [-0.2, -0.15) is 5.26 Å². The molecule has 0 aliphatic carbocycles. The highest BCUT2D eigenvalue weighted by molar-refractivity contribution is 6.01. The number of carbonyl (C=O) groups excluding carboxylic acids is 1. The summed E-state index contributed by atoms with van der Waals surface area (Å²) in [6.07, 6.45) is -0.735. The standard InChI is InChI=1S/C31H37N5O4/c1-20-28(37)19-40-29(30(20)38)18-33-31(39)24(17-32)16-25-8-9-27(35(25)3)23-5-4-22-15-26(7-6-21(22)14-23)36-12-10-34(2)11-13-36/h4-9,14-16,20,28-30,37-38H,10-13,18-19H2,1-3H3,(H,33,39)/b24-16+/t20-,28+,29-,30+/m1/s1. The quantitative estimate of drug-likeness (QED) is 0.323. The lowest BCUT2D eigenvalue weighted by molar-refractivity contribution is -0.153. The lowest BCUT2D eigenvalue weighted by Crippen LogP contribution is -2.52. The summed E-state index contributed by atoms with van der Waals surface area (Å²) >= 11 is 0. The predicted molar refractivity (Wildman–Crippen MR) is 156 cm³/mol. The molecule has 0 radical (unpaired) electrons. The van der Waals surface area contributed by atoms with Gasteiger partial charge in [0.05, 0.1) is 18.8 Å². The smallest absolute Gasteiger partial charge is 0.262 e. The SMILES string of the molecule is C[C@H]1[C@H](O)[C@@H](CNC(=O)/C(C#N)=C/c2ccc(-c3ccc4cc(N5CCN(C)CC5)ccc4c3)n2C)OC[C@@H]1O. The molecule has 3 N–H and O–H groups in total. The Morgan fingerprint density at radius 2 is 1.80 bits per heavy atom. The Kier molecular flexibility index (Phi) is 8.24. The molecule has 2 fully saturated rings. The lowest BCUT2D eigenvalue weighted by Gasteiger charge is -2.36. The monoisotopic (exact) mass is 543 g/mol. The minimum Gasteiger partial charge on any atom is -0.390 e. The van der Waals surface area contributed by atoms with Crippen LogP contribution < -0.4 is 10.2 Å². The van der Waals surface area contributed by atoms with E-state index in [0.717, 1.165) is 48.5 Å². The number of nitrogens with zero attached hydrogens (tertiary/aromatic N) is 4. The fourth-order valence-corrected chi connectivity index (χ4v) is 5.42. The number of fused-ring (bicyclic) bond motifs is 1. The largest absolute Gasteiger partial charge is 0.390 e. The Bertz CT molecular complexity index is 1450. The summed E-state index contributed by atoms with van der Waals surface area (Å²) in [5.41, 5.74) is 3.95. The van der Waals surface area contributed by atoms with Crippen molar-refractivity contribution < 1.29 is 19.7 Å². The van der Waals surface area contributed by atoms with Gasteiger partial charge in [-0.25, -0.2) is 0 Å². The summed E-state index contributed by atoms with van der Waals surface area (Å²) in [4.78, 5) is 17.5. The molecule has 0 unspecified atom stereocenters. The molecule has 0 spiro atoms. The Labute approximate surface area is 234 Å². The van der Waals surface area contributed by atoms with Crippen LogP contribution in [0.15, 0.2) is 54.1 Å². The molecule has 3 aromatic rings. The number of benzene rings is 2. The number of aromatic nitrogens is 1. The Morgan fingerprint density at radius 1 is 1.07 bits per heavy atom. The Balaban J connectivity index is 1.29. The topological polar surface area (TPSA) is 114 Å². The van der Waals surface area contributed by atoms with E-state index >= 15 is 0 Å². The number of carbonyl (C=O) groups is 1. The maximum absolute atomic E-state index is 12.8. The lowest BCUT2D eigenvalue weighted by atomic mass is 9.91. The Morgan fingerprint density at radius 3 is 2.55 bits per heavy atom. The molecule has 210 valence electrons. The zero-order valence-electron chi connectivity index (χ0n) is 23.2. The molecule has 9 nitrogen and oxygen atoms in total. The molecular weight excluding hydrogens is 506 g/mol. The normalized spacial score (nSPS) is 24.2. The highest BCUT2D eigenvalue weighted by atomic mass is 16.5. The zero-order valence-corrected chi connectivity index (χ0v) is 23.2. The number of likely N-dealkylation sites (N-methyl/N-ethyl adjacent to an activating group) is 1. The average Bonchev–Trinajstić information content (AvgIpc) is 3.33. The molecular formula is C31H37N5O4. The van der Waals surface area contributed by atoms with Crippen LogP contribution in [0.2, 0.25) is 0 Å². The van der Waals surface area contributed by atoms with E-state index in [1.165, 1.54) is 11.1 Å². The van der Waals surface area contributed by atoms with Gasteiger partial charge in [0.2, 0.25) is 0 Å². The van der Waals surface area contributed by atoms with Crippen LogP contribution in [0.4, 0.5) is 5.69 Å². The first kappa shape index (κ1) is 27.9. The summed E-state index contributed by atoms with van der Waals surface area (Å²) < 4.78 is 7.43.